The van der Waals surface area contributed by atoms with Crippen LogP contribution in [0.5, 0.6) is 0 Å². The van der Waals surface area contributed by atoms with E-state index in [-0.39, 0.29) is 10.7 Å². The predicted octanol–water partition coefficient (Wildman–Crippen LogP) is 3.22. The first-order chi connectivity index (χ1) is 7.66. The fraction of sp³-hybridized carbons (Fsp3) is 0. The molecule has 2 heterocycles. The molecule has 0 unspecified atom stereocenters. The van der Waals surface area contributed by atoms with Gasteiger partial charge in [0.05, 0.1) is 5.52 Å². The second-order valence-corrected chi connectivity index (χ2v) is 4.50. The highest BCUT2D eigenvalue weighted by molar-refractivity contribution is 7.20. The molecule has 0 radical (unpaired) electrons. The number of nitrogens with one attached hydrogen (secondary N) is 1. The molecule has 80 valence electrons. The van der Waals surface area contributed by atoms with Crippen LogP contribution in [0.3, 0.4) is 0 Å². The number of H-pyrrole nitrogens is 1. The van der Waals surface area contributed by atoms with Gasteiger partial charge < -0.3 is 10.1 Å². The van der Waals surface area contributed by atoms with E-state index in [9.17, 15) is 9.18 Å². The summed E-state index contributed by atoms with van der Waals surface area (Å²) < 4.78 is 13.4. The number of halogens is 1. The summed E-state index contributed by atoms with van der Waals surface area (Å²) in [6.07, 6.45) is 0. The van der Waals surface area contributed by atoms with Crippen LogP contribution >= 0.6 is 11.3 Å². The topological polar surface area (TPSA) is 53.1 Å². The quantitative estimate of drug-likeness (QED) is 0.680. The Kier molecular flexibility index (Phi) is 1.79. The van der Waals surface area contributed by atoms with Crippen LogP contribution in [0.1, 0.15) is 9.67 Å². The van der Waals surface area contributed by atoms with Crippen molar-refractivity contribution in [2.45, 2.75) is 0 Å². The highest BCUT2D eigenvalue weighted by Crippen LogP contribution is 2.32. The largest absolute Gasteiger partial charge is 0.477 e. The van der Waals surface area contributed by atoms with Crippen molar-refractivity contribution in [3.63, 3.8) is 0 Å². The van der Waals surface area contributed by atoms with Gasteiger partial charge in [-0.3, -0.25) is 0 Å². The average Bonchev–Trinajstić information content (AvgIpc) is 2.76. The third-order valence-corrected chi connectivity index (χ3v) is 3.52. The van der Waals surface area contributed by atoms with E-state index in [0.717, 1.165) is 22.1 Å². The smallest absolute Gasteiger partial charge is 0.345 e. The minimum Gasteiger partial charge on any atom is -0.477 e. The summed E-state index contributed by atoms with van der Waals surface area (Å²) in [6, 6.07) is 6.33. The summed E-state index contributed by atoms with van der Waals surface area (Å²) in [5.74, 6) is -1.28. The normalized spacial score (nSPS) is 11.3. The summed E-state index contributed by atoms with van der Waals surface area (Å²) in [7, 11) is 0. The Morgan fingerprint density at radius 3 is 2.94 bits per heavy atom. The summed E-state index contributed by atoms with van der Waals surface area (Å²) in [5, 5.41) is 10.3. The minimum absolute atomic E-state index is 0.257. The number of hydrogen-bond donors (Lipinski definition) is 2. The molecule has 0 bridgehead atoms. The van der Waals surface area contributed by atoms with Crippen LogP contribution in [0.25, 0.3) is 21.1 Å². The summed E-state index contributed by atoms with van der Waals surface area (Å²) in [6.45, 7) is 0. The van der Waals surface area contributed by atoms with E-state index in [2.05, 4.69) is 4.98 Å². The second kappa shape index (κ2) is 3.05. The van der Waals surface area contributed by atoms with Crippen LogP contribution in [-0.2, 0) is 0 Å². The van der Waals surface area contributed by atoms with Crippen LogP contribution in [-0.4, -0.2) is 16.1 Å². The van der Waals surface area contributed by atoms with E-state index < -0.39 is 5.97 Å². The molecule has 3 aromatic rings. The van der Waals surface area contributed by atoms with E-state index >= 15 is 0 Å². The lowest BCUT2D eigenvalue weighted by Crippen LogP contribution is -1.89. The maximum Gasteiger partial charge on any atom is 0.345 e. The molecule has 0 spiro atoms. The van der Waals surface area contributed by atoms with Crippen LogP contribution in [0.15, 0.2) is 24.3 Å². The van der Waals surface area contributed by atoms with Gasteiger partial charge >= 0.3 is 5.97 Å². The van der Waals surface area contributed by atoms with E-state index in [0.29, 0.717) is 10.3 Å². The molecule has 0 aliphatic rings. The Bertz CT molecular complexity index is 713. The Balaban J connectivity index is 2.43. The van der Waals surface area contributed by atoms with Gasteiger partial charge in [0, 0.05) is 10.8 Å². The van der Waals surface area contributed by atoms with Crippen LogP contribution in [0.4, 0.5) is 4.39 Å². The molecule has 5 heteroatoms. The summed E-state index contributed by atoms with van der Waals surface area (Å²) >= 11 is 1.12. The van der Waals surface area contributed by atoms with Crippen molar-refractivity contribution in [1.82, 2.24) is 4.98 Å². The Hall–Kier alpha value is -1.88. The number of benzene rings is 1. The number of fused-ring (bicyclic) bond motifs is 3. The standard InChI is InChI=1S/C11H6FNO2S/c12-7-3-1-2-5-6-4-8(11(14)15)16-10(6)13-9(5)7/h1-4,13H,(H,14,15). The number of aromatic amines is 1. The molecule has 16 heavy (non-hydrogen) atoms. The lowest BCUT2D eigenvalue weighted by molar-refractivity contribution is 0.0702. The maximum atomic E-state index is 13.4. The second-order valence-electron chi connectivity index (χ2n) is 3.45. The highest BCUT2D eigenvalue weighted by Gasteiger charge is 2.14. The number of carboxylic acids is 1. The third kappa shape index (κ3) is 1.15. The zero-order chi connectivity index (χ0) is 11.3. The van der Waals surface area contributed by atoms with Crippen molar-refractivity contribution in [2.75, 3.05) is 0 Å². The predicted molar refractivity (Wildman–Crippen MR) is 60.6 cm³/mol. The third-order valence-electron chi connectivity index (χ3n) is 2.49. The molecule has 1 aromatic carbocycles. The zero-order valence-electron chi connectivity index (χ0n) is 7.95. The molecule has 3 rings (SSSR count). The van der Waals surface area contributed by atoms with Gasteiger partial charge in [0.25, 0.3) is 0 Å². The molecule has 0 fully saturated rings. The van der Waals surface area contributed by atoms with Gasteiger partial charge in [-0.15, -0.1) is 11.3 Å². The van der Waals surface area contributed by atoms with Gasteiger partial charge in [-0.05, 0) is 12.1 Å². The molecular formula is C11H6FNO2S. The van der Waals surface area contributed by atoms with Gasteiger partial charge in [-0.2, -0.15) is 0 Å². The Morgan fingerprint density at radius 2 is 2.19 bits per heavy atom. The first-order valence-corrected chi connectivity index (χ1v) is 5.41. The number of carboxylic acid groups (broad SMARTS) is 1. The molecule has 0 saturated carbocycles. The number of hydrogen-bond acceptors (Lipinski definition) is 2. The lowest BCUT2D eigenvalue weighted by Gasteiger charge is -1.91. The minimum atomic E-state index is -0.959. The molecule has 2 N–H and O–H groups in total. The van der Waals surface area contributed by atoms with Crippen molar-refractivity contribution in [3.8, 4) is 0 Å². The van der Waals surface area contributed by atoms with Crippen LogP contribution in [0, 0.1) is 5.82 Å². The van der Waals surface area contributed by atoms with Crippen molar-refractivity contribution >= 4 is 38.4 Å². The van der Waals surface area contributed by atoms with Gasteiger partial charge in [0.1, 0.15) is 15.5 Å². The number of carbonyl (C=O) groups is 1. The number of rotatable bonds is 1. The fourth-order valence-electron chi connectivity index (χ4n) is 1.78. The van der Waals surface area contributed by atoms with Gasteiger partial charge in [-0.1, -0.05) is 12.1 Å². The van der Waals surface area contributed by atoms with Gasteiger partial charge in [0.2, 0.25) is 0 Å². The number of para-hydroxylation sites is 1. The molecule has 0 atom stereocenters. The first kappa shape index (κ1) is 9.35. The molecule has 0 aliphatic carbocycles. The van der Waals surface area contributed by atoms with E-state index in [1.165, 1.54) is 6.07 Å². The van der Waals surface area contributed by atoms with E-state index in [1.54, 1.807) is 18.2 Å². The van der Waals surface area contributed by atoms with E-state index in [4.69, 9.17) is 5.11 Å². The number of thiophene rings is 1. The van der Waals surface area contributed by atoms with E-state index in [1.807, 2.05) is 0 Å². The van der Waals surface area contributed by atoms with Crippen molar-refractivity contribution in [2.24, 2.45) is 0 Å². The molecule has 3 nitrogen and oxygen atoms in total. The van der Waals surface area contributed by atoms with Crippen molar-refractivity contribution in [1.29, 1.82) is 0 Å². The van der Waals surface area contributed by atoms with Gasteiger partial charge in [0.15, 0.2) is 0 Å². The fourth-order valence-corrected chi connectivity index (χ4v) is 2.69. The summed E-state index contributed by atoms with van der Waals surface area (Å²) in [4.78, 5) is 14.6. The lowest BCUT2D eigenvalue weighted by atomic mass is 10.2. The average molecular weight is 235 g/mol. The molecule has 0 aliphatic heterocycles. The SMILES string of the molecule is O=C(O)c1cc2c([nH]c3c(F)cccc32)s1. The van der Waals surface area contributed by atoms with Crippen LogP contribution in [0.2, 0.25) is 0 Å². The highest BCUT2D eigenvalue weighted by atomic mass is 32.1. The van der Waals surface area contributed by atoms with Gasteiger partial charge in [-0.25, -0.2) is 9.18 Å². The summed E-state index contributed by atoms with van der Waals surface area (Å²) in [5.41, 5.74) is 0.431. The zero-order valence-corrected chi connectivity index (χ0v) is 8.77. The Labute approximate surface area is 93.1 Å². The van der Waals surface area contributed by atoms with Crippen molar-refractivity contribution < 1.29 is 14.3 Å². The number of aromatic nitrogens is 1. The number of aromatic carboxylic acids is 1. The molecule has 0 amide bonds. The molecule has 2 aromatic heterocycles. The molecular weight excluding hydrogens is 229 g/mol. The molecule has 0 saturated heterocycles. The van der Waals surface area contributed by atoms with Crippen molar-refractivity contribution in [3.05, 3.63) is 35.0 Å². The monoisotopic (exact) mass is 235 g/mol. The van der Waals surface area contributed by atoms with Crippen LogP contribution < -0.4 is 0 Å². The maximum absolute atomic E-state index is 13.4. The Morgan fingerprint density at radius 1 is 1.38 bits per heavy atom. The first-order valence-electron chi connectivity index (χ1n) is 4.60.